The van der Waals surface area contributed by atoms with E-state index < -0.39 is 0 Å². The van der Waals surface area contributed by atoms with Gasteiger partial charge >= 0.3 is 6.01 Å². The fraction of sp³-hybridized carbons (Fsp3) is 0.667. The van der Waals surface area contributed by atoms with Crippen LogP contribution in [-0.2, 0) is 6.42 Å². The summed E-state index contributed by atoms with van der Waals surface area (Å²) in [5, 5.41) is 0. The molecule has 0 atom stereocenters. The second-order valence-electron chi connectivity index (χ2n) is 4.34. The average Bonchev–Trinajstić information content (AvgIpc) is 2.32. The first-order valence-electron chi connectivity index (χ1n) is 6.02. The van der Waals surface area contributed by atoms with E-state index in [0.29, 0.717) is 12.1 Å². The summed E-state index contributed by atoms with van der Waals surface area (Å²) >= 11 is 0. The summed E-state index contributed by atoms with van der Waals surface area (Å²) in [4.78, 5) is 8.48. The molecule has 88 valence electrons. The lowest BCUT2D eigenvalue weighted by molar-refractivity contribution is 0.134. The van der Waals surface area contributed by atoms with Gasteiger partial charge in [-0.15, -0.1) is 0 Å². The molecule has 0 aliphatic heterocycles. The smallest absolute Gasteiger partial charge is 0.316 e. The van der Waals surface area contributed by atoms with Crippen molar-refractivity contribution in [2.24, 2.45) is 5.73 Å². The Balaban J connectivity index is 1.93. The molecule has 1 aromatic rings. The molecule has 0 saturated heterocycles. The number of nitrogens with two attached hydrogens (primary N) is 1. The first-order valence-corrected chi connectivity index (χ1v) is 6.02. The highest BCUT2D eigenvalue weighted by Crippen LogP contribution is 2.20. The van der Waals surface area contributed by atoms with Crippen molar-refractivity contribution >= 4 is 0 Å². The average molecular weight is 221 g/mol. The molecule has 0 aromatic carbocycles. The molecule has 0 spiro atoms. The maximum absolute atomic E-state index is 5.85. The van der Waals surface area contributed by atoms with E-state index in [4.69, 9.17) is 10.5 Å². The molecule has 0 amide bonds. The van der Waals surface area contributed by atoms with Crippen LogP contribution in [0.3, 0.4) is 0 Å². The van der Waals surface area contributed by atoms with E-state index in [9.17, 15) is 0 Å². The Morgan fingerprint density at radius 3 is 2.81 bits per heavy atom. The standard InChI is InChI=1S/C12H19N3O/c1-2-10-7-8-14-12(15-10)16-11-5-3-9(13)4-6-11/h7-9,11H,2-6,13H2,1H3. The molecule has 4 heteroatoms. The number of aryl methyl sites for hydroxylation is 1. The molecule has 4 nitrogen and oxygen atoms in total. The number of hydrogen-bond donors (Lipinski definition) is 1. The molecule has 0 unspecified atom stereocenters. The monoisotopic (exact) mass is 221 g/mol. The fourth-order valence-corrected chi connectivity index (χ4v) is 1.99. The van der Waals surface area contributed by atoms with E-state index in [0.717, 1.165) is 37.8 Å². The van der Waals surface area contributed by atoms with Gasteiger partial charge in [-0.3, -0.25) is 0 Å². The van der Waals surface area contributed by atoms with E-state index in [1.54, 1.807) is 6.20 Å². The summed E-state index contributed by atoms with van der Waals surface area (Å²) in [6.45, 7) is 2.08. The van der Waals surface area contributed by atoms with Crippen molar-refractivity contribution in [3.8, 4) is 6.01 Å². The third-order valence-electron chi connectivity index (χ3n) is 3.04. The van der Waals surface area contributed by atoms with E-state index in [-0.39, 0.29) is 6.10 Å². The number of aromatic nitrogens is 2. The molecular weight excluding hydrogens is 202 g/mol. The van der Waals surface area contributed by atoms with E-state index in [1.165, 1.54) is 0 Å². The minimum absolute atomic E-state index is 0.243. The van der Waals surface area contributed by atoms with Gasteiger partial charge in [-0.2, -0.15) is 0 Å². The van der Waals surface area contributed by atoms with Gasteiger partial charge in [-0.1, -0.05) is 6.92 Å². The maximum Gasteiger partial charge on any atom is 0.316 e. The molecule has 0 radical (unpaired) electrons. The van der Waals surface area contributed by atoms with E-state index in [1.807, 2.05) is 6.07 Å². The zero-order chi connectivity index (χ0) is 11.4. The highest BCUT2D eigenvalue weighted by Gasteiger charge is 2.20. The summed E-state index contributed by atoms with van der Waals surface area (Å²) in [6, 6.07) is 2.78. The van der Waals surface area contributed by atoms with Crippen LogP contribution in [0.1, 0.15) is 38.3 Å². The molecule has 1 heterocycles. The van der Waals surface area contributed by atoms with Gasteiger partial charge in [0.15, 0.2) is 0 Å². The van der Waals surface area contributed by atoms with Crippen LogP contribution in [0, 0.1) is 0 Å². The molecule has 0 bridgehead atoms. The minimum atomic E-state index is 0.243. The SMILES string of the molecule is CCc1ccnc(OC2CCC(N)CC2)n1. The van der Waals surface area contributed by atoms with Crippen LogP contribution in [0.15, 0.2) is 12.3 Å². The lowest BCUT2D eigenvalue weighted by Gasteiger charge is -2.25. The third kappa shape index (κ3) is 2.92. The highest BCUT2D eigenvalue weighted by molar-refractivity contribution is 5.05. The summed E-state index contributed by atoms with van der Waals surface area (Å²) in [7, 11) is 0. The van der Waals surface area contributed by atoms with Crippen molar-refractivity contribution in [2.75, 3.05) is 0 Å². The van der Waals surface area contributed by atoms with Crippen LogP contribution in [-0.4, -0.2) is 22.1 Å². The molecule has 1 aromatic heterocycles. The highest BCUT2D eigenvalue weighted by atomic mass is 16.5. The van der Waals surface area contributed by atoms with Gasteiger partial charge in [0.25, 0.3) is 0 Å². The topological polar surface area (TPSA) is 61.0 Å². The molecule has 2 N–H and O–H groups in total. The zero-order valence-corrected chi connectivity index (χ0v) is 9.72. The van der Waals surface area contributed by atoms with Gasteiger partial charge in [0.05, 0.1) is 0 Å². The molecule has 1 aliphatic rings. The summed E-state index contributed by atoms with van der Waals surface area (Å²) in [5.74, 6) is 0. The summed E-state index contributed by atoms with van der Waals surface area (Å²) in [6.07, 6.45) is 7.02. The van der Waals surface area contributed by atoms with Gasteiger partial charge in [0.2, 0.25) is 0 Å². The zero-order valence-electron chi connectivity index (χ0n) is 9.72. The van der Waals surface area contributed by atoms with Crippen LogP contribution in [0.2, 0.25) is 0 Å². The number of nitrogens with zero attached hydrogens (tertiary/aromatic N) is 2. The quantitative estimate of drug-likeness (QED) is 0.843. The lowest BCUT2D eigenvalue weighted by atomic mass is 9.94. The largest absolute Gasteiger partial charge is 0.460 e. The number of rotatable bonds is 3. The van der Waals surface area contributed by atoms with Crippen LogP contribution in [0.25, 0.3) is 0 Å². The van der Waals surface area contributed by atoms with Crippen LogP contribution in [0.4, 0.5) is 0 Å². The van der Waals surface area contributed by atoms with Crippen molar-refractivity contribution in [1.82, 2.24) is 9.97 Å². The first kappa shape index (κ1) is 11.3. The van der Waals surface area contributed by atoms with Gasteiger partial charge in [-0.25, -0.2) is 9.97 Å². The molecule has 1 aliphatic carbocycles. The van der Waals surface area contributed by atoms with Crippen molar-refractivity contribution in [1.29, 1.82) is 0 Å². The lowest BCUT2D eigenvalue weighted by Crippen LogP contribution is -2.32. The van der Waals surface area contributed by atoms with Gasteiger partial charge in [0.1, 0.15) is 6.10 Å². The molecule has 16 heavy (non-hydrogen) atoms. The van der Waals surface area contributed by atoms with Crippen LogP contribution >= 0.6 is 0 Å². The third-order valence-corrected chi connectivity index (χ3v) is 3.04. The molecular formula is C12H19N3O. The predicted molar refractivity (Wildman–Crippen MR) is 62.3 cm³/mol. The van der Waals surface area contributed by atoms with Crippen molar-refractivity contribution < 1.29 is 4.74 Å². The summed E-state index contributed by atoms with van der Waals surface area (Å²) in [5.41, 5.74) is 6.87. The molecule has 2 rings (SSSR count). The Labute approximate surface area is 96.2 Å². The van der Waals surface area contributed by atoms with Crippen LogP contribution in [0.5, 0.6) is 6.01 Å². The normalized spacial score (nSPS) is 25.4. The Kier molecular flexibility index (Phi) is 3.72. The molecule has 1 saturated carbocycles. The predicted octanol–water partition coefficient (Wildman–Crippen LogP) is 1.69. The van der Waals surface area contributed by atoms with Gasteiger partial charge in [-0.05, 0) is 38.2 Å². The second-order valence-corrected chi connectivity index (χ2v) is 4.34. The van der Waals surface area contributed by atoms with Crippen molar-refractivity contribution in [2.45, 2.75) is 51.2 Å². The fourth-order valence-electron chi connectivity index (χ4n) is 1.99. The Bertz CT molecular complexity index is 335. The van der Waals surface area contributed by atoms with E-state index in [2.05, 4.69) is 16.9 Å². The van der Waals surface area contributed by atoms with E-state index >= 15 is 0 Å². The number of ether oxygens (including phenoxy) is 1. The minimum Gasteiger partial charge on any atom is -0.460 e. The number of hydrogen-bond acceptors (Lipinski definition) is 4. The van der Waals surface area contributed by atoms with Gasteiger partial charge < -0.3 is 10.5 Å². The molecule has 1 fully saturated rings. The van der Waals surface area contributed by atoms with Crippen molar-refractivity contribution in [3.05, 3.63) is 18.0 Å². The Hall–Kier alpha value is -1.16. The van der Waals surface area contributed by atoms with Crippen LogP contribution < -0.4 is 10.5 Å². The Morgan fingerprint density at radius 2 is 2.12 bits per heavy atom. The summed E-state index contributed by atoms with van der Waals surface area (Å²) < 4.78 is 5.77. The first-order chi connectivity index (χ1) is 7.78. The maximum atomic E-state index is 5.85. The van der Waals surface area contributed by atoms with Crippen molar-refractivity contribution in [3.63, 3.8) is 0 Å². The Morgan fingerprint density at radius 1 is 1.38 bits per heavy atom. The van der Waals surface area contributed by atoms with Gasteiger partial charge in [0, 0.05) is 17.9 Å². The second kappa shape index (κ2) is 5.25.